The lowest BCUT2D eigenvalue weighted by molar-refractivity contribution is 0.951. The molecule has 6 nitrogen and oxygen atoms in total. The lowest BCUT2D eigenvalue weighted by atomic mass is 10.5. The van der Waals surface area contributed by atoms with Crippen molar-refractivity contribution < 1.29 is 0 Å². The highest BCUT2D eigenvalue weighted by Crippen LogP contribution is 2.16. The molecule has 9 heteroatoms. The molecule has 84 valence electrons. The van der Waals surface area contributed by atoms with Gasteiger partial charge in [-0.3, -0.25) is 4.79 Å². The first-order valence-electron chi connectivity index (χ1n) is 4.11. The Kier molecular flexibility index (Phi) is 3.37. The van der Waals surface area contributed by atoms with Crippen molar-refractivity contribution in [3.8, 4) is 0 Å². The van der Waals surface area contributed by atoms with Gasteiger partial charge < -0.3 is 10.3 Å². The Labute approximate surface area is 104 Å². The molecule has 0 aromatic carbocycles. The zero-order valence-electron chi connectivity index (χ0n) is 7.70. The van der Waals surface area contributed by atoms with Gasteiger partial charge in [-0.05, 0) is 11.6 Å². The largest absolute Gasteiger partial charge is 0.362 e. The van der Waals surface area contributed by atoms with Crippen LogP contribution in [0.5, 0.6) is 0 Å². The zero-order chi connectivity index (χ0) is 11.5. The first-order chi connectivity index (χ1) is 7.65. The molecule has 2 N–H and O–H groups in total. The van der Waals surface area contributed by atoms with E-state index in [1.165, 1.54) is 0 Å². The van der Waals surface area contributed by atoms with E-state index in [0.29, 0.717) is 12.4 Å². The van der Waals surface area contributed by atoms with Crippen molar-refractivity contribution >= 4 is 40.4 Å². The Morgan fingerprint density at radius 1 is 1.44 bits per heavy atom. The van der Waals surface area contributed by atoms with Gasteiger partial charge in [-0.2, -0.15) is 4.98 Å². The monoisotopic (exact) mass is 277 g/mol. The Morgan fingerprint density at radius 3 is 2.94 bits per heavy atom. The summed E-state index contributed by atoms with van der Waals surface area (Å²) in [6.45, 7) is 0.382. The molecule has 0 bridgehead atoms. The van der Waals surface area contributed by atoms with E-state index >= 15 is 0 Å². The molecule has 0 atom stereocenters. The van der Waals surface area contributed by atoms with Crippen LogP contribution in [-0.4, -0.2) is 20.2 Å². The molecule has 0 aliphatic carbocycles. The number of thiazole rings is 1. The van der Waals surface area contributed by atoms with Crippen molar-refractivity contribution in [3.63, 3.8) is 0 Å². The second kappa shape index (κ2) is 4.77. The number of nitrogens with zero attached hydrogens (tertiary/aromatic N) is 3. The molecule has 2 rings (SSSR count). The summed E-state index contributed by atoms with van der Waals surface area (Å²) < 4.78 is 0. The first kappa shape index (κ1) is 11.3. The van der Waals surface area contributed by atoms with Crippen molar-refractivity contribution in [2.45, 2.75) is 6.54 Å². The molecule has 2 heterocycles. The molecule has 0 saturated heterocycles. The van der Waals surface area contributed by atoms with Crippen LogP contribution < -0.4 is 10.2 Å². The van der Waals surface area contributed by atoms with Crippen LogP contribution in [0.4, 0.5) is 5.82 Å². The average molecular weight is 278 g/mol. The van der Waals surface area contributed by atoms with E-state index < -0.39 is 0 Å². The quantitative estimate of drug-likeness (QED) is 0.889. The fourth-order valence-electron chi connectivity index (χ4n) is 0.985. The second-order valence-corrected chi connectivity index (χ2v) is 4.29. The Morgan fingerprint density at radius 2 is 2.25 bits per heavy atom. The number of hydrogen-bond acceptors (Lipinski definition) is 6. The van der Waals surface area contributed by atoms with Crippen molar-refractivity contribution in [1.82, 2.24) is 20.2 Å². The number of aromatic amines is 1. The van der Waals surface area contributed by atoms with Gasteiger partial charge in [0.2, 0.25) is 5.28 Å². The minimum atomic E-state index is -0.109. The van der Waals surface area contributed by atoms with Crippen molar-refractivity contribution in [1.29, 1.82) is 0 Å². The van der Waals surface area contributed by atoms with Crippen LogP contribution in [0.3, 0.4) is 0 Å². The van der Waals surface area contributed by atoms with Crippen LogP contribution in [0.1, 0.15) is 5.69 Å². The van der Waals surface area contributed by atoms with Gasteiger partial charge in [0.25, 0.3) is 0 Å². The molecular formula is C7H5Cl2N5OS. The van der Waals surface area contributed by atoms with E-state index in [1.54, 1.807) is 5.38 Å². The molecule has 0 unspecified atom stereocenters. The number of H-pyrrole nitrogens is 1. The summed E-state index contributed by atoms with van der Waals surface area (Å²) >= 11 is 12.4. The standard InChI is InChI=1S/C7H5Cl2N5OS/c8-4-5(12-6(9)14-13-4)10-1-3-2-16-7(15)11-3/h2H,1H2,(H,11,15)(H,10,12,14). The zero-order valence-corrected chi connectivity index (χ0v) is 10.0. The average Bonchev–Trinajstić information content (AvgIpc) is 2.66. The molecule has 0 aliphatic heterocycles. The van der Waals surface area contributed by atoms with Gasteiger partial charge in [0.05, 0.1) is 6.54 Å². The van der Waals surface area contributed by atoms with Crippen molar-refractivity contribution in [2.24, 2.45) is 0 Å². The molecule has 0 aliphatic rings. The summed E-state index contributed by atoms with van der Waals surface area (Å²) in [6, 6.07) is 0. The van der Waals surface area contributed by atoms with Gasteiger partial charge in [-0.1, -0.05) is 22.9 Å². The number of anilines is 1. The van der Waals surface area contributed by atoms with Crippen LogP contribution in [0.25, 0.3) is 0 Å². The molecule has 0 radical (unpaired) electrons. The predicted molar refractivity (Wildman–Crippen MR) is 62.1 cm³/mol. The Bertz CT molecular complexity index is 554. The van der Waals surface area contributed by atoms with Crippen LogP contribution in [0.2, 0.25) is 10.4 Å². The topological polar surface area (TPSA) is 83.6 Å². The highest BCUT2D eigenvalue weighted by Gasteiger charge is 2.06. The highest BCUT2D eigenvalue weighted by atomic mass is 35.5. The van der Waals surface area contributed by atoms with Gasteiger partial charge >= 0.3 is 4.87 Å². The normalized spacial score (nSPS) is 10.4. The van der Waals surface area contributed by atoms with Crippen LogP contribution >= 0.6 is 34.5 Å². The molecular weight excluding hydrogens is 273 g/mol. The predicted octanol–water partition coefficient (Wildman–Crippen LogP) is 1.54. The fourth-order valence-corrected chi connectivity index (χ4v) is 1.84. The molecule has 0 spiro atoms. The van der Waals surface area contributed by atoms with Crippen LogP contribution in [-0.2, 0) is 6.54 Å². The molecule has 2 aromatic rings. The lowest BCUT2D eigenvalue weighted by Gasteiger charge is -2.04. The summed E-state index contributed by atoms with van der Waals surface area (Å²) in [5.74, 6) is 0.328. The maximum absolute atomic E-state index is 10.9. The van der Waals surface area contributed by atoms with E-state index in [0.717, 1.165) is 17.0 Å². The maximum atomic E-state index is 10.9. The van der Waals surface area contributed by atoms with Crippen molar-refractivity contribution in [2.75, 3.05) is 5.32 Å². The minimum absolute atomic E-state index is 0.00529. The highest BCUT2D eigenvalue weighted by molar-refractivity contribution is 7.07. The van der Waals surface area contributed by atoms with E-state index in [-0.39, 0.29) is 15.3 Å². The van der Waals surface area contributed by atoms with E-state index in [4.69, 9.17) is 23.2 Å². The lowest BCUT2D eigenvalue weighted by Crippen LogP contribution is -2.06. The number of nitrogens with one attached hydrogen (secondary N) is 2. The van der Waals surface area contributed by atoms with Crippen molar-refractivity contribution in [3.05, 3.63) is 31.2 Å². The van der Waals surface area contributed by atoms with Gasteiger partial charge in [0.1, 0.15) is 0 Å². The second-order valence-electron chi connectivity index (χ2n) is 2.75. The summed E-state index contributed by atoms with van der Waals surface area (Å²) in [5, 5.41) is 11.8. The van der Waals surface area contributed by atoms with Crippen LogP contribution in [0, 0.1) is 0 Å². The smallest absolute Gasteiger partial charge is 0.304 e. The summed E-state index contributed by atoms with van der Waals surface area (Å²) in [5.41, 5.74) is 0.737. The number of hydrogen-bond donors (Lipinski definition) is 2. The Hall–Kier alpha value is -1.18. The molecule has 0 fully saturated rings. The molecule has 16 heavy (non-hydrogen) atoms. The number of rotatable bonds is 3. The SMILES string of the molecule is O=c1[nH]c(CNc2nc(Cl)nnc2Cl)cs1. The van der Waals surface area contributed by atoms with Gasteiger partial charge in [0, 0.05) is 11.1 Å². The molecule has 0 amide bonds. The third-order valence-corrected chi connectivity index (χ3v) is 2.77. The van der Waals surface area contributed by atoms with Gasteiger partial charge in [-0.15, -0.1) is 10.2 Å². The minimum Gasteiger partial charge on any atom is -0.362 e. The third-order valence-electron chi connectivity index (χ3n) is 1.64. The summed E-state index contributed by atoms with van der Waals surface area (Å²) in [6.07, 6.45) is 0. The first-order valence-corrected chi connectivity index (χ1v) is 5.75. The van der Waals surface area contributed by atoms with Gasteiger partial charge in [-0.25, -0.2) is 0 Å². The molecule has 2 aromatic heterocycles. The summed E-state index contributed by atoms with van der Waals surface area (Å²) in [7, 11) is 0. The van der Waals surface area contributed by atoms with Gasteiger partial charge in [0.15, 0.2) is 11.0 Å². The summed E-state index contributed by atoms with van der Waals surface area (Å²) in [4.78, 5) is 17.3. The molecule has 0 saturated carbocycles. The third kappa shape index (κ3) is 2.69. The number of halogens is 2. The Balaban J connectivity index is 2.10. The van der Waals surface area contributed by atoms with E-state index in [2.05, 4.69) is 25.5 Å². The maximum Gasteiger partial charge on any atom is 0.304 e. The van der Waals surface area contributed by atoms with Crippen LogP contribution in [0.15, 0.2) is 10.2 Å². The van der Waals surface area contributed by atoms with E-state index in [1.807, 2.05) is 0 Å². The number of aromatic nitrogens is 4. The van der Waals surface area contributed by atoms with E-state index in [9.17, 15) is 4.79 Å². The fraction of sp³-hybridized carbons (Fsp3) is 0.143.